The molecule has 0 radical (unpaired) electrons. The van der Waals surface area contributed by atoms with E-state index in [1.165, 1.54) is 0 Å². The molecule has 3 N–H and O–H groups in total. The molecular formula is C10H15N3OS. The van der Waals surface area contributed by atoms with Gasteiger partial charge in [0.2, 0.25) is 0 Å². The molecule has 0 atom stereocenters. The van der Waals surface area contributed by atoms with Crippen molar-refractivity contribution in [2.45, 2.75) is 11.3 Å². The van der Waals surface area contributed by atoms with E-state index in [0.717, 1.165) is 29.2 Å². The molecule has 0 unspecified atom stereocenters. The average molecular weight is 225 g/mol. The highest BCUT2D eigenvalue weighted by molar-refractivity contribution is 7.99. The standard InChI is InChI=1S/C10H15N3OS/c1-14-5-2-6-15-9-7-13-4-3-8(9)10(11)12/h3-4,7H,2,5-6H2,1H3,(H3,11,12). The molecule has 0 saturated carbocycles. The van der Waals surface area contributed by atoms with Crippen molar-refractivity contribution in [1.29, 1.82) is 5.41 Å². The molecule has 1 aromatic heterocycles. The topological polar surface area (TPSA) is 72.0 Å². The highest BCUT2D eigenvalue weighted by atomic mass is 32.2. The Morgan fingerprint density at radius 2 is 2.47 bits per heavy atom. The van der Waals surface area contributed by atoms with E-state index in [1.54, 1.807) is 37.3 Å². The summed E-state index contributed by atoms with van der Waals surface area (Å²) in [4.78, 5) is 4.98. The van der Waals surface area contributed by atoms with Crippen molar-refractivity contribution in [1.82, 2.24) is 4.98 Å². The third-order valence-corrected chi connectivity index (χ3v) is 2.95. The van der Waals surface area contributed by atoms with Crippen LogP contribution in [-0.4, -0.2) is 30.3 Å². The summed E-state index contributed by atoms with van der Waals surface area (Å²) in [6.45, 7) is 0.753. The summed E-state index contributed by atoms with van der Waals surface area (Å²) in [5.41, 5.74) is 6.22. The molecule has 0 amide bonds. The number of rotatable bonds is 6. The Bertz CT molecular complexity index is 330. The summed E-state index contributed by atoms with van der Waals surface area (Å²) in [7, 11) is 1.69. The van der Waals surface area contributed by atoms with Crippen molar-refractivity contribution in [2.24, 2.45) is 5.73 Å². The van der Waals surface area contributed by atoms with Gasteiger partial charge in [-0.3, -0.25) is 10.4 Å². The first-order valence-electron chi connectivity index (χ1n) is 4.66. The van der Waals surface area contributed by atoms with Gasteiger partial charge in [0.25, 0.3) is 0 Å². The largest absolute Gasteiger partial charge is 0.385 e. The zero-order valence-corrected chi connectivity index (χ0v) is 9.51. The van der Waals surface area contributed by atoms with Crippen LogP contribution >= 0.6 is 11.8 Å². The summed E-state index contributed by atoms with van der Waals surface area (Å²) >= 11 is 1.65. The number of pyridine rings is 1. The first-order chi connectivity index (χ1) is 7.25. The van der Waals surface area contributed by atoms with Crippen molar-refractivity contribution in [3.63, 3.8) is 0 Å². The predicted octanol–water partition coefficient (Wildman–Crippen LogP) is 1.49. The van der Waals surface area contributed by atoms with Gasteiger partial charge in [-0.2, -0.15) is 0 Å². The molecule has 0 saturated heterocycles. The lowest BCUT2D eigenvalue weighted by Crippen LogP contribution is -2.12. The minimum absolute atomic E-state index is 0.0895. The zero-order valence-electron chi connectivity index (χ0n) is 8.69. The number of nitrogens with one attached hydrogen (secondary N) is 1. The number of hydrogen-bond donors (Lipinski definition) is 2. The van der Waals surface area contributed by atoms with Crippen molar-refractivity contribution in [2.75, 3.05) is 19.5 Å². The van der Waals surface area contributed by atoms with E-state index < -0.39 is 0 Å². The Morgan fingerprint density at radius 1 is 1.67 bits per heavy atom. The molecule has 15 heavy (non-hydrogen) atoms. The second kappa shape index (κ2) is 6.42. The fourth-order valence-corrected chi connectivity index (χ4v) is 2.05. The number of amidine groups is 1. The molecule has 0 aromatic carbocycles. The molecule has 5 heteroatoms. The van der Waals surface area contributed by atoms with Gasteiger partial charge in [-0.05, 0) is 12.5 Å². The van der Waals surface area contributed by atoms with Crippen LogP contribution in [0.15, 0.2) is 23.4 Å². The summed E-state index contributed by atoms with van der Waals surface area (Å²) in [6.07, 6.45) is 4.37. The van der Waals surface area contributed by atoms with Gasteiger partial charge >= 0.3 is 0 Å². The Hall–Kier alpha value is -1.07. The lowest BCUT2D eigenvalue weighted by molar-refractivity contribution is 0.200. The molecule has 0 spiro atoms. The monoisotopic (exact) mass is 225 g/mol. The Balaban J connectivity index is 2.56. The maximum absolute atomic E-state index is 7.40. The number of aromatic nitrogens is 1. The third kappa shape index (κ3) is 3.89. The Labute approximate surface area is 93.7 Å². The fraction of sp³-hybridized carbons (Fsp3) is 0.400. The highest BCUT2D eigenvalue weighted by Crippen LogP contribution is 2.21. The van der Waals surface area contributed by atoms with E-state index >= 15 is 0 Å². The highest BCUT2D eigenvalue weighted by Gasteiger charge is 2.04. The second-order valence-electron chi connectivity index (χ2n) is 2.98. The molecule has 4 nitrogen and oxygen atoms in total. The van der Waals surface area contributed by atoms with Crippen LogP contribution in [0.25, 0.3) is 0 Å². The van der Waals surface area contributed by atoms with Crippen LogP contribution in [0.1, 0.15) is 12.0 Å². The lowest BCUT2D eigenvalue weighted by atomic mass is 10.2. The minimum atomic E-state index is 0.0895. The van der Waals surface area contributed by atoms with E-state index in [1.807, 2.05) is 0 Å². The predicted molar refractivity (Wildman–Crippen MR) is 62.5 cm³/mol. The molecule has 1 aromatic rings. The maximum Gasteiger partial charge on any atom is 0.124 e. The Morgan fingerprint density at radius 3 is 3.13 bits per heavy atom. The number of nitrogens with zero attached hydrogens (tertiary/aromatic N) is 1. The van der Waals surface area contributed by atoms with Gasteiger partial charge in [0.1, 0.15) is 5.84 Å². The van der Waals surface area contributed by atoms with Crippen LogP contribution in [0.5, 0.6) is 0 Å². The van der Waals surface area contributed by atoms with Gasteiger partial charge in [0.15, 0.2) is 0 Å². The van der Waals surface area contributed by atoms with E-state index in [9.17, 15) is 0 Å². The molecule has 0 bridgehead atoms. The third-order valence-electron chi connectivity index (χ3n) is 1.83. The second-order valence-corrected chi connectivity index (χ2v) is 4.12. The van der Waals surface area contributed by atoms with Crippen molar-refractivity contribution >= 4 is 17.6 Å². The number of nitrogens with two attached hydrogens (primary N) is 1. The summed E-state index contributed by atoms with van der Waals surface area (Å²) < 4.78 is 4.96. The maximum atomic E-state index is 7.40. The number of thioether (sulfide) groups is 1. The van der Waals surface area contributed by atoms with E-state index in [0.29, 0.717) is 0 Å². The van der Waals surface area contributed by atoms with E-state index in [4.69, 9.17) is 15.9 Å². The first kappa shape index (κ1) is 12.0. The van der Waals surface area contributed by atoms with Gasteiger partial charge in [-0.25, -0.2) is 0 Å². The van der Waals surface area contributed by atoms with Crippen molar-refractivity contribution < 1.29 is 4.74 Å². The SMILES string of the molecule is COCCCSc1cnccc1C(=N)N. The molecule has 82 valence electrons. The molecule has 0 fully saturated rings. The minimum Gasteiger partial charge on any atom is -0.385 e. The fourth-order valence-electron chi connectivity index (χ4n) is 1.10. The van der Waals surface area contributed by atoms with Gasteiger partial charge in [0, 0.05) is 42.3 Å². The van der Waals surface area contributed by atoms with Crippen molar-refractivity contribution in [3.05, 3.63) is 24.0 Å². The lowest BCUT2D eigenvalue weighted by Gasteiger charge is -2.06. The van der Waals surface area contributed by atoms with Crippen LogP contribution in [0.3, 0.4) is 0 Å². The quantitative estimate of drug-likeness (QED) is 0.333. The molecular weight excluding hydrogens is 210 g/mol. The molecule has 1 heterocycles. The summed E-state index contributed by atoms with van der Waals surface area (Å²) in [5.74, 6) is 1.03. The van der Waals surface area contributed by atoms with E-state index in [-0.39, 0.29) is 5.84 Å². The smallest absolute Gasteiger partial charge is 0.124 e. The Kier molecular flexibility index (Phi) is 5.14. The number of hydrogen-bond acceptors (Lipinski definition) is 4. The van der Waals surface area contributed by atoms with Crippen LogP contribution < -0.4 is 5.73 Å². The normalized spacial score (nSPS) is 10.2. The molecule has 1 rings (SSSR count). The van der Waals surface area contributed by atoms with Gasteiger partial charge in [-0.15, -0.1) is 11.8 Å². The van der Waals surface area contributed by atoms with Crippen LogP contribution in [0, 0.1) is 5.41 Å². The summed E-state index contributed by atoms with van der Waals surface area (Å²) in [5, 5.41) is 7.40. The summed E-state index contributed by atoms with van der Waals surface area (Å²) in [6, 6.07) is 1.76. The number of ether oxygens (including phenoxy) is 1. The van der Waals surface area contributed by atoms with Crippen molar-refractivity contribution in [3.8, 4) is 0 Å². The average Bonchev–Trinajstić information content (AvgIpc) is 2.25. The van der Waals surface area contributed by atoms with Gasteiger partial charge < -0.3 is 10.5 Å². The van der Waals surface area contributed by atoms with Gasteiger partial charge in [0.05, 0.1) is 0 Å². The first-order valence-corrected chi connectivity index (χ1v) is 5.64. The van der Waals surface area contributed by atoms with Crippen LogP contribution in [0.2, 0.25) is 0 Å². The number of nitrogen functional groups attached to an aromatic ring is 1. The number of methoxy groups -OCH3 is 1. The molecule has 0 aliphatic carbocycles. The molecule has 0 aliphatic heterocycles. The molecule has 0 aliphatic rings. The van der Waals surface area contributed by atoms with Gasteiger partial charge in [-0.1, -0.05) is 0 Å². The van der Waals surface area contributed by atoms with E-state index in [2.05, 4.69) is 4.98 Å². The zero-order chi connectivity index (χ0) is 11.1. The van der Waals surface area contributed by atoms with Crippen LogP contribution in [0.4, 0.5) is 0 Å². The van der Waals surface area contributed by atoms with Crippen LogP contribution in [-0.2, 0) is 4.74 Å².